The van der Waals surface area contributed by atoms with Crippen LogP contribution in [0.5, 0.6) is 5.88 Å². The van der Waals surface area contributed by atoms with Gasteiger partial charge in [0.1, 0.15) is 12.7 Å². The summed E-state index contributed by atoms with van der Waals surface area (Å²) in [6.45, 7) is 4.57. The molecule has 5 heteroatoms. The van der Waals surface area contributed by atoms with Crippen molar-refractivity contribution < 1.29 is 19.3 Å². The molecule has 0 bridgehead atoms. The molecule has 1 unspecified atom stereocenters. The van der Waals surface area contributed by atoms with Crippen LogP contribution in [-0.4, -0.2) is 35.2 Å². The Labute approximate surface area is 100 Å². The summed E-state index contributed by atoms with van der Waals surface area (Å²) in [4.78, 5) is 4.12. The Kier molecular flexibility index (Phi) is 3.61. The van der Waals surface area contributed by atoms with Crippen molar-refractivity contribution >= 4 is 0 Å². The van der Waals surface area contributed by atoms with Crippen molar-refractivity contribution in [2.24, 2.45) is 0 Å². The Hall–Kier alpha value is -1.17. The van der Waals surface area contributed by atoms with Crippen LogP contribution in [-0.2, 0) is 16.1 Å². The summed E-state index contributed by atoms with van der Waals surface area (Å²) in [5.74, 6) is -0.0427. The molecule has 1 aromatic rings. The van der Waals surface area contributed by atoms with Crippen molar-refractivity contribution in [1.29, 1.82) is 0 Å². The zero-order valence-corrected chi connectivity index (χ0v) is 10.0. The van der Waals surface area contributed by atoms with Crippen LogP contribution in [0.3, 0.4) is 0 Å². The lowest BCUT2D eigenvalue weighted by Gasteiger charge is -2.17. The van der Waals surface area contributed by atoms with E-state index in [2.05, 4.69) is 4.98 Å². The van der Waals surface area contributed by atoms with E-state index in [0.29, 0.717) is 24.8 Å². The molecule has 0 amide bonds. The number of aliphatic hydroxyl groups is 1. The van der Waals surface area contributed by atoms with E-state index in [9.17, 15) is 0 Å². The van der Waals surface area contributed by atoms with E-state index in [1.165, 1.54) is 0 Å². The molecule has 0 spiro atoms. The lowest BCUT2D eigenvalue weighted by molar-refractivity contribution is -0.141. The molecule has 1 N–H and O–H groups in total. The van der Waals surface area contributed by atoms with Gasteiger partial charge in [-0.15, -0.1) is 0 Å². The summed E-state index contributed by atoms with van der Waals surface area (Å²) >= 11 is 0. The first-order chi connectivity index (χ1) is 8.09. The normalized spacial score (nSPS) is 22.6. The van der Waals surface area contributed by atoms with Gasteiger partial charge in [-0.05, 0) is 19.9 Å². The fourth-order valence-electron chi connectivity index (χ4n) is 1.65. The molecule has 1 aliphatic rings. The number of rotatable bonds is 4. The lowest BCUT2D eigenvalue weighted by Crippen LogP contribution is -2.25. The third kappa shape index (κ3) is 3.39. The SMILES string of the molecule is CC1(C)OCC(COc2cccc(CO)n2)O1. The molecule has 0 aromatic carbocycles. The van der Waals surface area contributed by atoms with Crippen molar-refractivity contribution in [3.63, 3.8) is 0 Å². The molecule has 1 atom stereocenters. The average Bonchev–Trinajstić information content (AvgIpc) is 2.67. The van der Waals surface area contributed by atoms with Gasteiger partial charge in [-0.25, -0.2) is 4.98 Å². The van der Waals surface area contributed by atoms with E-state index in [-0.39, 0.29) is 12.7 Å². The molecule has 0 radical (unpaired) electrons. The first kappa shape index (κ1) is 12.3. The second-order valence-corrected chi connectivity index (χ2v) is 4.39. The standard InChI is InChI=1S/C12H17NO4/c1-12(2)16-8-10(17-12)7-15-11-5-3-4-9(6-14)13-11/h3-5,10,14H,6-8H2,1-2H3. The van der Waals surface area contributed by atoms with Crippen LogP contribution in [0.4, 0.5) is 0 Å². The zero-order valence-electron chi connectivity index (χ0n) is 10.0. The highest BCUT2D eigenvalue weighted by Gasteiger charge is 2.32. The minimum atomic E-state index is -0.533. The molecule has 1 aromatic heterocycles. The van der Waals surface area contributed by atoms with E-state index < -0.39 is 5.79 Å². The molecular weight excluding hydrogens is 222 g/mol. The topological polar surface area (TPSA) is 60.8 Å². The summed E-state index contributed by atoms with van der Waals surface area (Å²) in [6, 6.07) is 5.29. The van der Waals surface area contributed by atoms with E-state index in [1.54, 1.807) is 18.2 Å². The summed E-state index contributed by atoms with van der Waals surface area (Å²) in [5, 5.41) is 8.95. The summed E-state index contributed by atoms with van der Waals surface area (Å²) in [5.41, 5.74) is 0.589. The smallest absolute Gasteiger partial charge is 0.213 e. The minimum absolute atomic E-state index is 0.0791. The number of hydrogen-bond donors (Lipinski definition) is 1. The summed E-state index contributed by atoms with van der Waals surface area (Å²) in [7, 11) is 0. The van der Waals surface area contributed by atoms with Gasteiger partial charge in [0.2, 0.25) is 5.88 Å². The fraction of sp³-hybridized carbons (Fsp3) is 0.583. The van der Waals surface area contributed by atoms with Crippen molar-refractivity contribution in [3.05, 3.63) is 23.9 Å². The quantitative estimate of drug-likeness (QED) is 0.852. The Morgan fingerprint density at radius 2 is 2.35 bits per heavy atom. The van der Waals surface area contributed by atoms with Crippen LogP contribution >= 0.6 is 0 Å². The molecule has 1 fully saturated rings. The Morgan fingerprint density at radius 1 is 1.53 bits per heavy atom. The highest BCUT2D eigenvalue weighted by molar-refractivity contribution is 5.15. The summed E-state index contributed by atoms with van der Waals surface area (Å²) in [6.07, 6.45) is -0.0791. The Morgan fingerprint density at radius 3 is 3.00 bits per heavy atom. The predicted octanol–water partition coefficient (Wildman–Crippen LogP) is 1.10. The molecule has 2 heterocycles. The molecule has 17 heavy (non-hydrogen) atoms. The van der Waals surface area contributed by atoms with Crippen molar-refractivity contribution in [2.45, 2.75) is 32.3 Å². The number of aliphatic hydroxyl groups excluding tert-OH is 1. The van der Waals surface area contributed by atoms with Crippen LogP contribution in [0.1, 0.15) is 19.5 Å². The van der Waals surface area contributed by atoms with Crippen LogP contribution in [0.15, 0.2) is 18.2 Å². The molecule has 2 rings (SSSR count). The fourth-order valence-corrected chi connectivity index (χ4v) is 1.65. The maximum Gasteiger partial charge on any atom is 0.213 e. The van der Waals surface area contributed by atoms with Gasteiger partial charge in [-0.3, -0.25) is 0 Å². The molecule has 1 saturated heterocycles. The average molecular weight is 239 g/mol. The van der Waals surface area contributed by atoms with Gasteiger partial charge in [0.15, 0.2) is 5.79 Å². The molecular formula is C12H17NO4. The van der Waals surface area contributed by atoms with E-state index >= 15 is 0 Å². The first-order valence-corrected chi connectivity index (χ1v) is 5.60. The number of nitrogens with zero attached hydrogens (tertiary/aromatic N) is 1. The number of aromatic nitrogens is 1. The second-order valence-electron chi connectivity index (χ2n) is 4.39. The van der Waals surface area contributed by atoms with E-state index in [0.717, 1.165) is 0 Å². The number of pyridine rings is 1. The Balaban J connectivity index is 1.86. The highest BCUT2D eigenvalue weighted by atomic mass is 16.7. The van der Waals surface area contributed by atoms with Gasteiger partial charge in [0.25, 0.3) is 0 Å². The molecule has 0 saturated carbocycles. The summed E-state index contributed by atoms with van der Waals surface area (Å²) < 4.78 is 16.5. The van der Waals surface area contributed by atoms with E-state index in [1.807, 2.05) is 13.8 Å². The molecule has 0 aliphatic carbocycles. The predicted molar refractivity (Wildman–Crippen MR) is 60.6 cm³/mol. The molecule has 5 nitrogen and oxygen atoms in total. The van der Waals surface area contributed by atoms with Crippen LogP contribution in [0, 0.1) is 0 Å². The van der Waals surface area contributed by atoms with Gasteiger partial charge in [-0.2, -0.15) is 0 Å². The van der Waals surface area contributed by atoms with Crippen molar-refractivity contribution in [3.8, 4) is 5.88 Å². The van der Waals surface area contributed by atoms with Gasteiger partial charge >= 0.3 is 0 Å². The zero-order chi connectivity index (χ0) is 12.3. The third-order valence-corrected chi connectivity index (χ3v) is 2.43. The number of ether oxygens (including phenoxy) is 3. The maximum absolute atomic E-state index is 8.95. The van der Waals surface area contributed by atoms with Crippen LogP contribution in [0.2, 0.25) is 0 Å². The Bertz CT molecular complexity index is 381. The third-order valence-electron chi connectivity index (χ3n) is 2.43. The monoisotopic (exact) mass is 239 g/mol. The molecule has 1 aliphatic heterocycles. The lowest BCUT2D eigenvalue weighted by atomic mass is 10.3. The second kappa shape index (κ2) is 5.00. The van der Waals surface area contributed by atoms with Gasteiger partial charge in [0.05, 0.1) is 18.9 Å². The highest BCUT2D eigenvalue weighted by Crippen LogP contribution is 2.22. The van der Waals surface area contributed by atoms with Gasteiger partial charge < -0.3 is 19.3 Å². The van der Waals surface area contributed by atoms with Crippen molar-refractivity contribution in [2.75, 3.05) is 13.2 Å². The van der Waals surface area contributed by atoms with Gasteiger partial charge in [0, 0.05) is 6.07 Å². The van der Waals surface area contributed by atoms with E-state index in [4.69, 9.17) is 19.3 Å². The first-order valence-electron chi connectivity index (χ1n) is 5.60. The number of hydrogen-bond acceptors (Lipinski definition) is 5. The minimum Gasteiger partial charge on any atom is -0.475 e. The largest absolute Gasteiger partial charge is 0.475 e. The molecule has 94 valence electrons. The van der Waals surface area contributed by atoms with Crippen LogP contribution in [0.25, 0.3) is 0 Å². The van der Waals surface area contributed by atoms with Gasteiger partial charge in [-0.1, -0.05) is 6.07 Å². The van der Waals surface area contributed by atoms with Crippen LogP contribution < -0.4 is 4.74 Å². The van der Waals surface area contributed by atoms with Crippen molar-refractivity contribution in [1.82, 2.24) is 4.98 Å². The maximum atomic E-state index is 8.95.